The molecule has 0 radical (unpaired) electrons. The molecule has 0 saturated heterocycles. The van der Waals surface area contributed by atoms with Gasteiger partial charge < -0.3 is 10.6 Å². The lowest BCUT2D eigenvalue weighted by Crippen LogP contribution is -2.37. The van der Waals surface area contributed by atoms with Gasteiger partial charge in [0.05, 0.1) is 0 Å². The van der Waals surface area contributed by atoms with E-state index in [1.165, 1.54) is 0 Å². The Kier molecular flexibility index (Phi) is 4.38. The molecule has 110 valence electrons. The van der Waals surface area contributed by atoms with E-state index in [0.717, 1.165) is 11.3 Å². The first kappa shape index (κ1) is 14.9. The van der Waals surface area contributed by atoms with Crippen LogP contribution in [-0.4, -0.2) is 18.9 Å². The third kappa shape index (κ3) is 3.33. The van der Waals surface area contributed by atoms with E-state index in [2.05, 4.69) is 0 Å². The van der Waals surface area contributed by atoms with Crippen molar-refractivity contribution in [3.8, 4) is 0 Å². The molecule has 1 aromatic carbocycles. The van der Waals surface area contributed by atoms with Crippen LogP contribution in [0, 0.1) is 5.92 Å². The van der Waals surface area contributed by atoms with Crippen molar-refractivity contribution < 1.29 is 13.6 Å². The van der Waals surface area contributed by atoms with Gasteiger partial charge in [-0.3, -0.25) is 4.79 Å². The Hall–Kier alpha value is -1.49. The van der Waals surface area contributed by atoms with Crippen LogP contribution in [0.1, 0.15) is 31.2 Å². The molecule has 0 spiro atoms. The number of amides is 1. The van der Waals surface area contributed by atoms with Crippen LogP contribution in [0.5, 0.6) is 0 Å². The first-order valence-corrected chi connectivity index (χ1v) is 6.87. The number of hydrogen-bond acceptors (Lipinski definition) is 2. The molecular weight excluding hydrogens is 262 g/mol. The number of nitrogens with zero attached hydrogens (tertiary/aromatic N) is 1. The molecular formula is C15H20F2N2O. The Morgan fingerprint density at radius 3 is 2.35 bits per heavy atom. The Bertz CT molecular complexity index is 463. The summed E-state index contributed by atoms with van der Waals surface area (Å²) in [5.74, 6) is -2.98. The van der Waals surface area contributed by atoms with Gasteiger partial charge in [-0.2, -0.15) is 0 Å². The maximum Gasteiger partial charge on any atom is 0.248 e. The fraction of sp³-hybridized carbons (Fsp3) is 0.533. The van der Waals surface area contributed by atoms with Crippen LogP contribution in [0.25, 0.3) is 0 Å². The molecule has 3 nitrogen and oxygen atoms in total. The zero-order chi connectivity index (χ0) is 14.8. The summed E-state index contributed by atoms with van der Waals surface area (Å²) in [4.78, 5) is 13.9. The molecule has 1 saturated carbocycles. The normalized spacial score (nSPS) is 18.8. The van der Waals surface area contributed by atoms with Gasteiger partial charge in [0, 0.05) is 38.0 Å². The Morgan fingerprint density at radius 2 is 1.85 bits per heavy atom. The SMILES string of the molecule is CN(C(=O)C1CCC(F)(F)CC1)c1ccc(CN)cc1. The van der Waals surface area contributed by atoms with Crippen LogP contribution in [0.2, 0.25) is 0 Å². The molecule has 5 heteroatoms. The van der Waals surface area contributed by atoms with Crippen LogP contribution in [0.3, 0.4) is 0 Å². The molecule has 1 fully saturated rings. The largest absolute Gasteiger partial charge is 0.326 e. The number of carbonyl (C=O) groups is 1. The second-order valence-electron chi connectivity index (χ2n) is 5.40. The van der Waals surface area contributed by atoms with Crippen molar-refractivity contribution in [2.24, 2.45) is 11.7 Å². The number of rotatable bonds is 3. The second kappa shape index (κ2) is 5.87. The summed E-state index contributed by atoms with van der Waals surface area (Å²) in [6.07, 6.45) is 0.140. The summed E-state index contributed by atoms with van der Waals surface area (Å²) < 4.78 is 26.2. The minimum Gasteiger partial charge on any atom is -0.326 e. The van der Waals surface area contributed by atoms with Gasteiger partial charge in [-0.15, -0.1) is 0 Å². The lowest BCUT2D eigenvalue weighted by atomic mass is 9.86. The van der Waals surface area contributed by atoms with Crippen LogP contribution >= 0.6 is 0 Å². The molecule has 0 aliphatic heterocycles. The standard InChI is InChI=1S/C15H20F2N2O/c1-19(13-4-2-11(10-18)3-5-13)14(20)12-6-8-15(16,17)9-7-12/h2-5,12H,6-10,18H2,1H3. The Morgan fingerprint density at radius 1 is 1.30 bits per heavy atom. The number of nitrogens with two attached hydrogens (primary N) is 1. The molecule has 1 aliphatic carbocycles. The number of carbonyl (C=O) groups excluding carboxylic acids is 1. The zero-order valence-electron chi connectivity index (χ0n) is 11.6. The summed E-state index contributed by atoms with van der Waals surface area (Å²) in [5.41, 5.74) is 7.29. The van der Waals surface area contributed by atoms with Gasteiger partial charge in [-0.1, -0.05) is 12.1 Å². The highest BCUT2D eigenvalue weighted by Crippen LogP contribution is 2.37. The molecule has 0 heterocycles. The lowest BCUT2D eigenvalue weighted by Gasteiger charge is -2.30. The number of halogens is 2. The predicted molar refractivity (Wildman–Crippen MR) is 74.6 cm³/mol. The van der Waals surface area contributed by atoms with Gasteiger partial charge in [-0.25, -0.2) is 8.78 Å². The second-order valence-corrected chi connectivity index (χ2v) is 5.40. The molecule has 2 N–H and O–H groups in total. The van der Waals surface area contributed by atoms with Gasteiger partial charge in [0.15, 0.2) is 0 Å². The molecule has 0 unspecified atom stereocenters. The van der Waals surface area contributed by atoms with E-state index >= 15 is 0 Å². The number of anilines is 1. The quantitative estimate of drug-likeness (QED) is 0.926. The highest BCUT2D eigenvalue weighted by molar-refractivity contribution is 5.94. The highest BCUT2D eigenvalue weighted by atomic mass is 19.3. The molecule has 1 aromatic rings. The van der Waals surface area contributed by atoms with E-state index in [1.54, 1.807) is 11.9 Å². The molecule has 1 amide bonds. The van der Waals surface area contributed by atoms with Crippen LogP contribution < -0.4 is 10.6 Å². The summed E-state index contributed by atoms with van der Waals surface area (Å²) >= 11 is 0. The topological polar surface area (TPSA) is 46.3 Å². The number of alkyl halides is 2. The summed E-state index contributed by atoms with van der Waals surface area (Å²) in [7, 11) is 1.69. The van der Waals surface area contributed by atoms with Crippen LogP contribution in [0.15, 0.2) is 24.3 Å². The van der Waals surface area contributed by atoms with Crippen molar-refractivity contribution >= 4 is 11.6 Å². The Balaban J connectivity index is 2.01. The van der Waals surface area contributed by atoms with E-state index in [1.807, 2.05) is 24.3 Å². The number of benzene rings is 1. The predicted octanol–water partition coefficient (Wildman–Crippen LogP) is 2.93. The van der Waals surface area contributed by atoms with Gasteiger partial charge in [0.25, 0.3) is 0 Å². The van der Waals surface area contributed by atoms with E-state index in [9.17, 15) is 13.6 Å². The van der Waals surface area contributed by atoms with E-state index in [4.69, 9.17) is 5.73 Å². The maximum absolute atomic E-state index is 13.1. The third-order valence-electron chi connectivity index (χ3n) is 3.96. The minimum atomic E-state index is -2.60. The van der Waals surface area contributed by atoms with Crippen molar-refractivity contribution in [2.45, 2.75) is 38.2 Å². The van der Waals surface area contributed by atoms with Crippen molar-refractivity contribution in [3.63, 3.8) is 0 Å². The lowest BCUT2D eigenvalue weighted by molar-refractivity contribution is -0.126. The maximum atomic E-state index is 13.1. The van der Waals surface area contributed by atoms with E-state index in [0.29, 0.717) is 6.54 Å². The van der Waals surface area contributed by atoms with Crippen LogP contribution in [0.4, 0.5) is 14.5 Å². The van der Waals surface area contributed by atoms with Gasteiger partial charge in [-0.05, 0) is 30.5 Å². The van der Waals surface area contributed by atoms with Crippen molar-refractivity contribution in [2.75, 3.05) is 11.9 Å². The summed E-state index contributed by atoms with van der Waals surface area (Å²) in [5, 5.41) is 0. The highest BCUT2D eigenvalue weighted by Gasteiger charge is 2.38. The van der Waals surface area contributed by atoms with Gasteiger partial charge in [0.1, 0.15) is 0 Å². The smallest absolute Gasteiger partial charge is 0.248 e. The first-order chi connectivity index (χ1) is 9.43. The zero-order valence-corrected chi connectivity index (χ0v) is 11.6. The molecule has 1 aliphatic rings. The molecule has 0 bridgehead atoms. The van der Waals surface area contributed by atoms with Gasteiger partial charge in [0.2, 0.25) is 11.8 Å². The van der Waals surface area contributed by atoms with E-state index < -0.39 is 5.92 Å². The average Bonchev–Trinajstić information content (AvgIpc) is 2.46. The minimum absolute atomic E-state index is 0.0824. The monoisotopic (exact) mass is 282 g/mol. The fourth-order valence-corrected chi connectivity index (χ4v) is 2.54. The fourth-order valence-electron chi connectivity index (χ4n) is 2.54. The summed E-state index contributed by atoms with van der Waals surface area (Å²) in [6, 6.07) is 7.40. The summed E-state index contributed by atoms with van der Waals surface area (Å²) in [6.45, 7) is 0.454. The van der Waals surface area contributed by atoms with Crippen molar-refractivity contribution in [1.82, 2.24) is 0 Å². The van der Waals surface area contributed by atoms with Gasteiger partial charge >= 0.3 is 0 Å². The van der Waals surface area contributed by atoms with Crippen LogP contribution in [-0.2, 0) is 11.3 Å². The Labute approximate surface area is 117 Å². The van der Waals surface area contributed by atoms with Crippen molar-refractivity contribution in [1.29, 1.82) is 0 Å². The molecule has 0 aromatic heterocycles. The number of hydrogen-bond donors (Lipinski definition) is 1. The molecule has 0 atom stereocenters. The molecule has 2 rings (SSSR count). The third-order valence-corrected chi connectivity index (χ3v) is 3.96. The average molecular weight is 282 g/mol. The first-order valence-electron chi connectivity index (χ1n) is 6.87. The van der Waals surface area contributed by atoms with E-state index in [-0.39, 0.29) is 37.5 Å². The van der Waals surface area contributed by atoms with Crippen molar-refractivity contribution in [3.05, 3.63) is 29.8 Å². The molecule has 20 heavy (non-hydrogen) atoms.